The molecule has 8 aromatic carbocycles. The van der Waals surface area contributed by atoms with Crippen molar-refractivity contribution in [3.05, 3.63) is 265 Å². The molecule has 0 aromatic heterocycles. The van der Waals surface area contributed by atoms with Gasteiger partial charge in [0, 0.05) is 14.1 Å². The van der Waals surface area contributed by atoms with Crippen molar-refractivity contribution in [2.24, 2.45) is 11.5 Å². The first-order valence-corrected chi connectivity index (χ1v) is 35.0. The number of benzene rings is 8. The van der Waals surface area contributed by atoms with Crippen molar-refractivity contribution in [3.63, 3.8) is 0 Å². The van der Waals surface area contributed by atoms with Crippen molar-refractivity contribution in [3.8, 4) is 0 Å². The Hall–Kier alpha value is -7.48. The second-order valence-electron chi connectivity index (χ2n) is 25.3. The molecule has 8 aromatic rings. The van der Waals surface area contributed by atoms with Gasteiger partial charge in [0.15, 0.2) is 5.78 Å². The maximum atomic E-state index is 14.2. The predicted octanol–water partition coefficient (Wildman–Crippen LogP) is 11.2. The maximum Gasteiger partial charge on any atom is 0.262 e. The fourth-order valence-corrected chi connectivity index (χ4v) is 21.8. The molecule has 8 atom stereocenters. The molecular formula is C76H96N4O8Si2. The van der Waals surface area contributed by atoms with Gasteiger partial charge in [0.2, 0.25) is 11.8 Å². The Bertz CT molecular complexity index is 3340. The summed E-state index contributed by atoms with van der Waals surface area (Å²) in [7, 11) is -2.39. The third-order valence-corrected chi connectivity index (χ3v) is 27.2. The van der Waals surface area contributed by atoms with Crippen LogP contribution in [0.15, 0.2) is 243 Å². The number of rotatable bonds is 23. The fraction of sp³-hybridized carbons (Fsp3) is 0.329. The molecule has 7 N–H and O–H groups in total. The highest BCUT2D eigenvalue weighted by Crippen LogP contribution is 2.42. The van der Waals surface area contributed by atoms with Gasteiger partial charge in [-0.25, -0.2) is 0 Å². The van der Waals surface area contributed by atoms with Gasteiger partial charge in [-0.1, -0.05) is 298 Å². The average Bonchev–Trinajstić information content (AvgIpc) is 0.755. The number of amides is 2. The molecule has 12 nitrogen and oxygen atoms in total. The summed E-state index contributed by atoms with van der Waals surface area (Å²) in [6.07, 6.45) is -1.85. The molecule has 0 unspecified atom stereocenters. The van der Waals surface area contributed by atoms with Crippen LogP contribution in [0.1, 0.15) is 129 Å². The number of aliphatic hydroxyl groups is 3. The summed E-state index contributed by atoms with van der Waals surface area (Å²) in [5.74, 6) is -0.599. The van der Waals surface area contributed by atoms with Gasteiger partial charge in [-0.3, -0.25) is 14.4 Å². The molecule has 0 saturated carbocycles. The van der Waals surface area contributed by atoms with Crippen LogP contribution in [0.5, 0.6) is 0 Å². The fourth-order valence-electron chi connectivity index (χ4n) is 12.2. The first-order valence-electron chi connectivity index (χ1n) is 31.2. The molecule has 0 radical (unpaired) electrons. The van der Waals surface area contributed by atoms with Gasteiger partial charge in [0.05, 0.1) is 24.7 Å². The van der Waals surface area contributed by atoms with Crippen LogP contribution in [0.3, 0.4) is 0 Å². The number of hydrogen-bond acceptors (Lipinski definition) is 10. The van der Waals surface area contributed by atoms with Crippen LogP contribution in [0, 0.1) is 0 Å². The molecule has 0 aliphatic rings. The van der Waals surface area contributed by atoms with E-state index in [1.54, 1.807) is 27.9 Å². The van der Waals surface area contributed by atoms with Gasteiger partial charge in [-0.2, -0.15) is 0 Å². The number of Topliss-reactive ketones (excluding diaryl/α,β-unsaturated/α-hetero) is 1. The number of nitrogens with zero attached hydrogens (tertiary/aromatic N) is 2. The summed E-state index contributed by atoms with van der Waals surface area (Å²) in [6.45, 7) is 20.3. The lowest BCUT2D eigenvalue weighted by atomic mass is 9.87. The Morgan fingerprint density at radius 2 is 0.733 bits per heavy atom. The molecule has 0 bridgehead atoms. The Morgan fingerprint density at radius 1 is 0.456 bits per heavy atom. The molecule has 14 heteroatoms. The minimum absolute atomic E-state index is 0.0820. The summed E-state index contributed by atoms with van der Waals surface area (Å²) in [6, 6.07) is 76.2. The zero-order chi connectivity index (χ0) is 65.9. The summed E-state index contributed by atoms with van der Waals surface area (Å²) in [4.78, 5) is 41.3. The number of likely N-dealkylation sites (N-methyl/N-ethyl adjacent to an activating group) is 2. The minimum Gasteiger partial charge on any atom is -0.401 e. The van der Waals surface area contributed by atoms with Crippen molar-refractivity contribution in [2.75, 3.05) is 20.6 Å². The van der Waals surface area contributed by atoms with E-state index in [9.17, 15) is 29.7 Å². The predicted molar refractivity (Wildman–Crippen MR) is 371 cm³/mol. The van der Waals surface area contributed by atoms with E-state index in [1.165, 1.54) is 20.2 Å². The van der Waals surface area contributed by atoms with E-state index in [1.807, 2.05) is 184 Å². The van der Waals surface area contributed by atoms with Crippen molar-refractivity contribution >= 4 is 55.0 Å². The Morgan fingerprint density at radius 3 is 1.00 bits per heavy atom. The zero-order valence-electron chi connectivity index (χ0n) is 54.7. The first kappa shape index (κ1) is 71.6. The lowest BCUT2D eigenvalue weighted by Crippen LogP contribution is -2.71. The standard InChI is InChI=1S/C38H48N2O4Si.C21H28O2Si.C17H20N2O2/c1-7-32(44-45(37(2,3)4,30-24-16-10-17-25-30)31-26-18-11-19-27-31)38(5,43)35(39)36(42)40(6)33(28-20-12-8-13-21-28)34(41)29-22-14-9-15-23-29;1-6-20(17(2)22)23-24(21(3,4)5,18-13-9-7-10-14-18)19-15-11-8-12-16-19;1-19(15(20)12-18)16(13-8-4-2-5-9-13)17(21)14-10-6-3-7-11-14/h8-27,32-35,41,43H,7,39H2,1-6H3;7-16,20H,6H2,1-5H3;2-11,16-17,21H,12,18H2,1H3/t32-,33-,34-,35-,38-;20-;16-,17-/m111/s1. The molecule has 90 heavy (non-hydrogen) atoms. The van der Waals surface area contributed by atoms with E-state index >= 15 is 0 Å². The number of nitrogens with two attached hydrogens (primary N) is 2. The van der Waals surface area contributed by atoms with E-state index in [2.05, 4.69) is 114 Å². The Balaban J connectivity index is 0.000000239. The van der Waals surface area contributed by atoms with E-state index in [4.69, 9.17) is 20.3 Å². The summed E-state index contributed by atoms with van der Waals surface area (Å²) < 4.78 is 14.1. The third-order valence-electron chi connectivity index (χ3n) is 17.1. The van der Waals surface area contributed by atoms with E-state index in [-0.39, 0.29) is 34.4 Å². The number of ketones is 1. The first-order chi connectivity index (χ1) is 42.8. The van der Waals surface area contributed by atoms with Crippen LogP contribution in [-0.2, 0) is 23.2 Å². The van der Waals surface area contributed by atoms with Gasteiger partial charge in [-0.05, 0) is 79.8 Å². The van der Waals surface area contributed by atoms with Crippen LogP contribution in [0.4, 0.5) is 0 Å². The third kappa shape index (κ3) is 16.7. The van der Waals surface area contributed by atoms with Crippen molar-refractivity contribution < 1.29 is 38.6 Å². The van der Waals surface area contributed by atoms with Crippen molar-refractivity contribution in [1.29, 1.82) is 0 Å². The van der Waals surface area contributed by atoms with Gasteiger partial charge in [0.1, 0.15) is 30.0 Å². The van der Waals surface area contributed by atoms with Crippen LogP contribution in [0.2, 0.25) is 10.1 Å². The largest absolute Gasteiger partial charge is 0.401 e. The van der Waals surface area contributed by atoms with Crippen molar-refractivity contribution in [2.45, 2.75) is 140 Å². The Kier molecular flexibility index (Phi) is 25.9. The molecule has 8 rings (SSSR count). The van der Waals surface area contributed by atoms with Gasteiger partial charge in [-0.15, -0.1) is 0 Å². The van der Waals surface area contributed by atoms with Gasteiger partial charge in [0.25, 0.3) is 16.6 Å². The lowest BCUT2D eigenvalue weighted by Gasteiger charge is -2.49. The van der Waals surface area contributed by atoms with Crippen molar-refractivity contribution in [1.82, 2.24) is 9.80 Å². The van der Waals surface area contributed by atoms with Crippen LogP contribution < -0.4 is 32.2 Å². The smallest absolute Gasteiger partial charge is 0.262 e. The number of hydrogen-bond donors (Lipinski definition) is 5. The topological polar surface area (TPSA) is 189 Å². The SMILES string of the molecule is CC[C@@H](O[Si](c1ccccc1)(c1ccccc1)C(C)(C)C)C(C)=O.CC[C@@H](O[Si](c1ccccc1)(c1ccccc1)C(C)(C)C)[C@@](C)(O)[C@H](N)C(=O)N(C)[C@H](c1ccccc1)[C@H](O)c1ccccc1.CN(C(=O)CN)[C@H](c1ccccc1)[C@H](O)c1ccccc1. The number of aliphatic hydroxyl groups excluding tert-OH is 2. The molecule has 0 saturated heterocycles. The minimum atomic E-state index is -3.07. The Labute approximate surface area is 537 Å². The molecule has 0 aliphatic heterocycles. The number of carbonyl (C=O) groups excluding carboxylic acids is 3. The van der Waals surface area contributed by atoms with Gasteiger partial charge < -0.3 is 45.4 Å². The molecule has 0 heterocycles. The van der Waals surface area contributed by atoms with Gasteiger partial charge >= 0.3 is 0 Å². The highest BCUT2D eigenvalue weighted by atomic mass is 28.4. The number of carbonyl (C=O) groups is 3. The normalized spacial score (nSPS) is 14.9. The molecule has 2 amide bonds. The average molecular weight is 1250 g/mol. The molecular weight excluding hydrogens is 1150 g/mol. The molecule has 476 valence electrons. The van der Waals surface area contributed by atoms with E-state index in [0.29, 0.717) is 18.4 Å². The monoisotopic (exact) mass is 1250 g/mol. The zero-order valence-corrected chi connectivity index (χ0v) is 56.7. The summed E-state index contributed by atoms with van der Waals surface area (Å²) >= 11 is 0. The van der Waals surface area contributed by atoms with E-state index < -0.39 is 64.6 Å². The van der Waals surface area contributed by atoms with Crippen LogP contribution in [-0.4, -0.2) is 104 Å². The molecule has 0 fully saturated rings. The van der Waals surface area contributed by atoms with Crippen LogP contribution >= 0.6 is 0 Å². The molecule has 0 aliphatic carbocycles. The summed E-state index contributed by atoms with van der Waals surface area (Å²) in [5.41, 5.74) is 13.5. The summed E-state index contributed by atoms with van der Waals surface area (Å²) in [5, 5.41) is 38.7. The highest BCUT2D eigenvalue weighted by Gasteiger charge is 2.55. The highest BCUT2D eigenvalue weighted by molar-refractivity contribution is 7.00. The quantitative estimate of drug-likeness (QED) is 0.0386. The maximum absolute atomic E-state index is 14.2. The molecule has 0 spiro atoms. The second kappa shape index (κ2) is 32.5. The second-order valence-corrected chi connectivity index (χ2v) is 33.8. The van der Waals surface area contributed by atoms with E-state index in [0.717, 1.165) is 27.1 Å². The lowest BCUT2D eigenvalue weighted by molar-refractivity contribution is -0.148. The van der Waals surface area contributed by atoms with Crippen LogP contribution in [0.25, 0.3) is 0 Å².